The molecular formula is C21H24N4O4S. The number of ether oxygens (including phenoxy) is 1. The summed E-state index contributed by atoms with van der Waals surface area (Å²) in [6.07, 6.45) is 1.90. The second-order valence-corrected chi connectivity index (χ2v) is 8.93. The van der Waals surface area contributed by atoms with E-state index >= 15 is 0 Å². The minimum Gasteiger partial charge on any atom is -0.368 e. The number of carbonyl (C=O) groups is 1. The number of nitrogens with one attached hydrogen (secondary N) is 2. The zero-order chi connectivity index (χ0) is 21.1. The van der Waals surface area contributed by atoms with Crippen molar-refractivity contribution in [1.82, 2.24) is 14.9 Å². The van der Waals surface area contributed by atoms with Gasteiger partial charge in [-0.3, -0.25) is 9.52 Å². The number of fused-ring (bicyclic) bond motifs is 1. The molecule has 9 heteroatoms. The average Bonchev–Trinajstić information content (AvgIpc) is 3.37. The second-order valence-electron chi connectivity index (χ2n) is 7.25. The lowest BCUT2D eigenvalue weighted by Crippen LogP contribution is -2.35. The van der Waals surface area contributed by atoms with Gasteiger partial charge in [0.1, 0.15) is 11.9 Å². The summed E-state index contributed by atoms with van der Waals surface area (Å²) in [7, 11) is -1.76. The van der Waals surface area contributed by atoms with E-state index in [1.54, 1.807) is 42.5 Å². The van der Waals surface area contributed by atoms with Crippen LogP contribution >= 0.6 is 0 Å². The van der Waals surface area contributed by atoms with Crippen molar-refractivity contribution in [1.29, 1.82) is 0 Å². The first-order valence-corrected chi connectivity index (χ1v) is 11.3. The van der Waals surface area contributed by atoms with E-state index in [0.717, 1.165) is 24.2 Å². The first-order valence-electron chi connectivity index (χ1n) is 9.86. The van der Waals surface area contributed by atoms with Crippen LogP contribution in [0.2, 0.25) is 0 Å². The molecule has 4 rings (SSSR count). The molecule has 0 spiro atoms. The van der Waals surface area contributed by atoms with Crippen molar-refractivity contribution in [3.05, 3.63) is 54.4 Å². The van der Waals surface area contributed by atoms with Crippen molar-refractivity contribution >= 4 is 32.7 Å². The van der Waals surface area contributed by atoms with E-state index in [-0.39, 0.29) is 16.9 Å². The summed E-state index contributed by atoms with van der Waals surface area (Å²) in [6, 6.07) is 13.5. The number of aryl methyl sites for hydroxylation is 1. The van der Waals surface area contributed by atoms with E-state index < -0.39 is 10.0 Å². The molecule has 30 heavy (non-hydrogen) atoms. The Labute approximate surface area is 175 Å². The van der Waals surface area contributed by atoms with Crippen LogP contribution in [0, 0.1) is 0 Å². The van der Waals surface area contributed by atoms with Crippen molar-refractivity contribution in [3.63, 3.8) is 0 Å². The van der Waals surface area contributed by atoms with Crippen LogP contribution in [0.4, 0.5) is 5.69 Å². The summed E-state index contributed by atoms with van der Waals surface area (Å²) in [5, 5.41) is 2.90. The highest BCUT2D eigenvalue weighted by molar-refractivity contribution is 7.92. The van der Waals surface area contributed by atoms with Crippen molar-refractivity contribution in [2.75, 3.05) is 17.9 Å². The van der Waals surface area contributed by atoms with E-state index in [9.17, 15) is 13.2 Å². The lowest BCUT2D eigenvalue weighted by Gasteiger charge is -2.10. The molecule has 3 aromatic rings. The SMILES string of the molecule is Cn1c(CCNC(=O)C2CCCO2)nc2cc(NS(=O)(=O)c3ccccc3)ccc21. The fourth-order valence-corrected chi connectivity index (χ4v) is 4.62. The number of rotatable bonds is 7. The Kier molecular flexibility index (Phi) is 5.74. The first kappa shape index (κ1) is 20.4. The molecule has 1 aliphatic rings. The molecular weight excluding hydrogens is 404 g/mol. The van der Waals surface area contributed by atoms with Gasteiger partial charge in [0.2, 0.25) is 5.91 Å². The largest absolute Gasteiger partial charge is 0.368 e. The van der Waals surface area contributed by atoms with Crippen LogP contribution in [0.5, 0.6) is 0 Å². The van der Waals surface area contributed by atoms with Gasteiger partial charge in [-0.2, -0.15) is 0 Å². The fourth-order valence-electron chi connectivity index (χ4n) is 3.55. The molecule has 1 aromatic heterocycles. The van der Waals surface area contributed by atoms with Crippen molar-refractivity contribution in [2.24, 2.45) is 7.05 Å². The zero-order valence-corrected chi connectivity index (χ0v) is 17.5. The summed E-state index contributed by atoms with van der Waals surface area (Å²) >= 11 is 0. The molecule has 2 N–H and O–H groups in total. The number of amides is 1. The number of anilines is 1. The van der Waals surface area contributed by atoms with Crippen LogP contribution in [0.3, 0.4) is 0 Å². The van der Waals surface area contributed by atoms with Gasteiger partial charge < -0.3 is 14.6 Å². The van der Waals surface area contributed by atoms with Gasteiger partial charge in [-0.25, -0.2) is 13.4 Å². The molecule has 0 aliphatic carbocycles. The highest BCUT2D eigenvalue weighted by atomic mass is 32.2. The zero-order valence-electron chi connectivity index (χ0n) is 16.7. The van der Waals surface area contributed by atoms with Crippen LogP contribution in [-0.2, 0) is 33.0 Å². The van der Waals surface area contributed by atoms with Gasteiger partial charge in [-0.15, -0.1) is 0 Å². The maximum Gasteiger partial charge on any atom is 0.261 e. The highest BCUT2D eigenvalue weighted by Gasteiger charge is 2.23. The summed E-state index contributed by atoms with van der Waals surface area (Å²) in [5.41, 5.74) is 2.02. The van der Waals surface area contributed by atoms with Crippen LogP contribution < -0.4 is 10.0 Å². The lowest BCUT2D eigenvalue weighted by molar-refractivity contribution is -0.130. The Balaban J connectivity index is 1.45. The van der Waals surface area contributed by atoms with E-state index in [2.05, 4.69) is 15.0 Å². The van der Waals surface area contributed by atoms with E-state index in [1.165, 1.54) is 0 Å². The molecule has 1 unspecified atom stereocenters. The summed E-state index contributed by atoms with van der Waals surface area (Å²) in [6.45, 7) is 1.10. The quantitative estimate of drug-likeness (QED) is 0.601. The Morgan fingerprint density at radius 3 is 2.77 bits per heavy atom. The normalized spacial score (nSPS) is 16.6. The Hall–Kier alpha value is -2.91. The topological polar surface area (TPSA) is 102 Å². The third-order valence-electron chi connectivity index (χ3n) is 5.15. The van der Waals surface area contributed by atoms with Crippen LogP contribution in [0.1, 0.15) is 18.7 Å². The first-order chi connectivity index (χ1) is 14.4. The molecule has 1 atom stereocenters. The van der Waals surface area contributed by atoms with Crippen LogP contribution in [-0.4, -0.2) is 43.1 Å². The standard InChI is InChI=1S/C21H24N4O4S/c1-25-18-10-9-15(24-30(27,28)16-6-3-2-4-7-16)14-17(18)23-20(25)11-12-22-21(26)19-8-5-13-29-19/h2-4,6-7,9-10,14,19,24H,5,8,11-13H2,1H3,(H,22,26). The van der Waals surface area contributed by atoms with E-state index in [1.807, 2.05) is 17.7 Å². The maximum atomic E-state index is 12.5. The third kappa shape index (κ3) is 4.31. The number of aromatic nitrogens is 2. The number of hydrogen-bond donors (Lipinski definition) is 2. The number of nitrogens with zero attached hydrogens (tertiary/aromatic N) is 2. The van der Waals surface area contributed by atoms with Gasteiger partial charge in [0, 0.05) is 26.6 Å². The van der Waals surface area contributed by atoms with E-state index in [0.29, 0.717) is 30.8 Å². The van der Waals surface area contributed by atoms with Gasteiger partial charge >= 0.3 is 0 Å². The minimum atomic E-state index is -3.66. The molecule has 158 valence electrons. The predicted octanol–water partition coefficient (Wildman–Crippen LogP) is 2.21. The Morgan fingerprint density at radius 1 is 1.23 bits per heavy atom. The number of carbonyl (C=O) groups excluding carboxylic acids is 1. The Morgan fingerprint density at radius 2 is 2.03 bits per heavy atom. The Bertz CT molecular complexity index is 1150. The lowest BCUT2D eigenvalue weighted by atomic mass is 10.2. The van der Waals surface area contributed by atoms with Gasteiger partial charge in [0.25, 0.3) is 10.0 Å². The van der Waals surface area contributed by atoms with E-state index in [4.69, 9.17) is 4.74 Å². The second kappa shape index (κ2) is 8.45. The summed E-state index contributed by atoms with van der Waals surface area (Å²) in [5.74, 6) is 0.726. The molecule has 2 heterocycles. The molecule has 1 amide bonds. The number of sulfonamides is 1. The molecule has 0 radical (unpaired) electrons. The van der Waals surface area contributed by atoms with Crippen molar-refractivity contribution in [3.8, 4) is 0 Å². The van der Waals surface area contributed by atoms with Gasteiger partial charge in [0.15, 0.2) is 0 Å². The molecule has 1 saturated heterocycles. The van der Waals surface area contributed by atoms with Crippen molar-refractivity contribution in [2.45, 2.75) is 30.3 Å². The third-order valence-corrected chi connectivity index (χ3v) is 6.55. The number of hydrogen-bond acceptors (Lipinski definition) is 5. The van der Waals surface area contributed by atoms with Gasteiger partial charge in [-0.1, -0.05) is 18.2 Å². The molecule has 0 bridgehead atoms. The summed E-state index contributed by atoms with van der Waals surface area (Å²) in [4.78, 5) is 16.9. The molecule has 2 aromatic carbocycles. The summed E-state index contributed by atoms with van der Waals surface area (Å²) < 4.78 is 35.0. The van der Waals surface area contributed by atoms with Crippen LogP contribution in [0.25, 0.3) is 11.0 Å². The average molecular weight is 429 g/mol. The highest BCUT2D eigenvalue weighted by Crippen LogP contribution is 2.22. The van der Waals surface area contributed by atoms with Gasteiger partial charge in [0.05, 0.1) is 21.6 Å². The number of imidazole rings is 1. The maximum absolute atomic E-state index is 12.5. The minimum absolute atomic E-state index is 0.0798. The number of benzene rings is 2. The molecule has 1 aliphatic heterocycles. The molecule has 1 fully saturated rings. The monoisotopic (exact) mass is 428 g/mol. The smallest absolute Gasteiger partial charge is 0.261 e. The fraction of sp³-hybridized carbons (Fsp3) is 0.333. The molecule has 8 nitrogen and oxygen atoms in total. The molecule has 0 saturated carbocycles. The predicted molar refractivity (Wildman–Crippen MR) is 114 cm³/mol. The van der Waals surface area contributed by atoms with Crippen LogP contribution in [0.15, 0.2) is 53.4 Å². The van der Waals surface area contributed by atoms with Crippen molar-refractivity contribution < 1.29 is 17.9 Å². The van der Waals surface area contributed by atoms with Gasteiger partial charge in [-0.05, 0) is 43.2 Å².